The lowest BCUT2D eigenvalue weighted by atomic mass is 9.96. The highest BCUT2D eigenvalue weighted by atomic mass is 35.5. The van der Waals surface area contributed by atoms with Crippen LogP contribution < -0.4 is 10.6 Å². The molecule has 36 heavy (non-hydrogen) atoms. The predicted octanol–water partition coefficient (Wildman–Crippen LogP) is 6.10. The lowest BCUT2D eigenvalue weighted by Gasteiger charge is -2.33. The Bertz CT molecular complexity index is 1070. The van der Waals surface area contributed by atoms with Crippen LogP contribution in [-0.4, -0.2) is 41.5 Å². The summed E-state index contributed by atoms with van der Waals surface area (Å²) in [5, 5.41) is 5.89. The maximum Gasteiger partial charge on any atom is 0.408 e. The second-order valence-corrected chi connectivity index (χ2v) is 10.4. The van der Waals surface area contributed by atoms with Crippen molar-refractivity contribution >= 4 is 35.2 Å². The quantitative estimate of drug-likeness (QED) is 0.422. The van der Waals surface area contributed by atoms with Crippen LogP contribution in [0.1, 0.15) is 68.8 Å². The molecule has 0 saturated heterocycles. The number of rotatable bonds is 9. The molecule has 2 N–H and O–H groups in total. The van der Waals surface area contributed by atoms with Gasteiger partial charge in [0.15, 0.2) is 0 Å². The van der Waals surface area contributed by atoms with Gasteiger partial charge in [0.05, 0.1) is 10.7 Å². The number of carbonyl (C=O) groups is 3. The number of nitrogens with zero attached hydrogens (tertiary/aromatic N) is 1. The summed E-state index contributed by atoms with van der Waals surface area (Å²) in [7, 11) is 0. The molecule has 0 radical (unpaired) electrons. The Morgan fingerprint density at radius 2 is 1.75 bits per heavy atom. The summed E-state index contributed by atoms with van der Waals surface area (Å²) >= 11 is 6.38. The number of amides is 3. The number of benzene rings is 2. The lowest BCUT2D eigenvalue weighted by Crippen LogP contribution is -2.47. The Morgan fingerprint density at radius 3 is 2.33 bits per heavy atom. The summed E-state index contributed by atoms with van der Waals surface area (Å²) in [6, 6.07) is 10.2. The Kier molecular flexibility index (Phi) is 10.3. The number of carbonyl (C=O) groups excluding carboxylic acids is 3. The number of hydrogen-bond donors (Lipinski definition) is 2. The molecule has 2 aromatic carbocycles. The summed E-state index contributed by atoms with van der Waals surface area (Å²) < 4.78 is 5.26. The molecule has 0 aromatic heterocycles. The van der Waals surface area contributed by atoms with Crippen molar-refractivity contribution in [3.05, 3.63) is 63.7 Å². The smallest absolute Gasteiger partial charge is 0.408 e. The van der Waals surface area contributed by atoms with Crippen molar-refractivity contribution in [1.29, 1.82) is 0 Å². The van der Waals surface area contributed by atoms with Crippen LogP contribution in [0.3, 0.4) is 0 Å². The number of anilines is 1. The molecular formula is C28H38ClN3O4. The summed E-state index contributed by atoms with van der Waals surface area (Å²) in [5.74, 6) is -0.759. The zero-order valence-electron chi connectivity index (χ0n) is 22.3. The van der Waals surface area contributed by atoms with E-state index in [1.165, 1.54) is 4.90 Å². The fraction of sp³-hybridized carbons (Fsp3) is 0.464. The minimum atomic E-state index is -0.916. The molecule has 0 aliphatic rings. The van der Waals surface area contributed by atoms with Gasteiger partial charge in [-0.2, -0.15) is 0 Å². The Balaban J connectivity index is 2.45. The number of unbranched alkanes of at least 4 members (excludes halogenated alkanes) is 1. The third-order valence-corrected chi connectivity index (χ3v) is 5.92. The van der Waals surface area contributed by atoms with Crippen molar-refractivity contribution in [1.82, 2.24) is 10.2 Å². The fourth-order valence-electron chi connectivity index (χ4n) is 3.85. The van der Waals surface area contributed by atoms with Crippen molar-refractivity contribution in [2.45, 2.75) is 73.0 Å². The molecule has 196 valence electrons. The van der Waals surface area contributed by atoms with Crippen molar-refractivity contribution in [2.75, 3.05) is 18.4 Å². The summed E-state index contributed by atoms with van der Waals surface area (Å²) in [6.45, 7) is 13.1. The highest BCUT2D eigenvalue weighted by Crippen LogP contribution is 2.30. The molecule has 2 rings (SSSR count). The molecular weight excluding hydrogens is 478 g/mol. The van der Waals surface area contributed by atoms with Gasteiger partial charge in [-0.25, -0.2) is 4.79 Å². The van der Waals surface area contributed by atoms with Crippen molar-refractivity contribution in [3.63, 3.8) is 0 Å². The second-order valence-electron chi connectivity index (χ2n) is 9.98. The van der Waals surface area contributed by atoms with Crippen molar-refractivity contribution < 1.29 is 19.1 Å². The average molecular weight is 516 g/mol. The van der Waals surface area contributed by atoms with Gasteiger partial charge in [0.25, 0.3) is 5.91 Å². The topological polar surface area (TPSA) is 87.7 Å². The van der Waals surface area contributed by atoms with E-state index in [-0.39, 0.29) is 18.4 Å². The normalized spacial score (nSPS) is 12.0. The van der Waals surface area contributed by atoms with Crippen LogP contribution in [0.2, 0.25) is 5.02 Å². The molecule has 3 amide bonds. The van der Waals surface area contributed by atoms with E-state index < -0.39 is 17.7 Å². The van der Waals surface area contributed by atoms with E-state index in [0.717, 1.165) is 23.1 Å². The van der Waals surface area contributed by atoms with E-state index in [1.54, 1.807) is 26.8 Å². The van der Waals surface area contributed by atoms with Crippen LogP contribution in [0, 0.1) is 20.8 Å². The monoisotopic (exact) mass is 515 g/mol. The van der Waals surface area contributed by atoms with Crippen LogP contribution in [0.4, 0.5) is 10.5 Å². The molecule has 2 aromatic rings. The van der Waals surface area contributed by atoms with E-state index >= 15 is 0 Å². The first-order valence-corrected chi connectivity index (χ1v) is 12.6. The van der Waals surface area contributed by atoms with Crippen LogP contribution >= 0.6 is 11.6 Å². The molecule has 1 unspecified atom stereocenters. The number of hydrogen-bond acceptors (Lipinski definition) is 4. The number of ether oxygens (including phenoxy) is 1. The first kappa shape index (κ1) is 29.2. The Labute approximate surface area is 219 Å². The van der Waals surface area contributed by atoms with Gasteiger partial charge in [-0.3, -0.25) is 9.59 Å². The molecule has 0 heterocycles. The van der Waals surface area contributed by atoms with Crippen molar-refractivity contribution in [3.8, 4) is 0 Å². The van der Waals surface area contributed by atoms with Crippen molar-refractivity contribution in [2.24, 2.45) is 0 Å². The molecule has 0 spiro atoms. The lowest BCUT2D eigenvalue weighted by molar-refractivity contribution is -0.138. The maximum absolute atomic E-state index is 13.8. The molecule has 0 bridgehead atoms. The van der Waals surface area contributed by atoms with E-state index in [1.807, 2.05) is 58.0 Å². The number of nitrogens with one attached hydrogen (secondary N) is 2. The first-order chi connectivity index (χ1) is 16.8. The molecule has 0 saturated carbocycles. The average Bonchev–Trinajstić information content (AvgIpc) is 2.77. The molecule has 0 aliphatic carbocycles. The number of alkyl carbamates (subject to hydrolysis) is 1. The summed E-state index contributed by atoms with van der Waals surface area (Å²) in [6.07, 6.45) is 0.831. The van der Waals surface area contributed by atoms with Crippen LogP contribution in [0.25, 0.3) is 0 Å². The largest absolute Gasteiger partial charge is 0.444 e. The number of halogens is 1. The van der Waals surface area contributed by atoms with E-state index in [0.29, 0.717) is 29.2 Å². The van der Waals surface area contributed by atoms with Gasteiger partial charge < -0.3 is 20.3 Å². The van der Waals surface area contributed by atoms with Gasteiger partial charge in [-0.05, 0) is 70.7 Å². The number of aryl methyl sites for hydroxylation is 3. The van der Waals surface area contributed by atoms with Gasteiger partial charge in [0, 0.05) is 6.54 Å². The van der Waals surface area contributed by atoms with Gasteiger partial charge in [0.1, 0.15) is 18.2 Å². The molecule has 1 atom stereocenters. The van der Waals surface area contributed by atoms with Crippen LogP contribution in [0.15, 0.2) is 36.4 Å². The Morgan fingerprint density at radius 1 is 1.06 bits per heavy atom. The standard InChI is InChI=1S/C28H38ClN3O4/c1-8-9-15-32(23(33)17-30-27(35)36-28(5,6)7)25(21-14-13-18(2)16-20(21)4)26(34)31-24-19(3)11-10-12-22(24)29/h10-14,16,25H,8-9,15,17H2,1-7H3,(H,30,35)(H,31,34). The number of para-hydroxylation sites is 1. The minimum absolute atomic E-state index is 0.293. The van der Waals surface area contributed by atoms with E-state index in [4.69, 9.17) is 16.3 Å². The second kappa shape index (κ2) is 12.8. The fourth-order valence-corrected chi connectivity index (χ4v) is 4.12. The van der Waals surface area contributed by atoms with Crippen LogP contribution in [-0.2, 0) is 14.3 Å². The van der Waals surface area contributed by atoms with Gasteiger partial charge in [-0.15, -0.1) is 0 Å². The minimum Gasteiger partial charge on any atom is -0.444 e. The highest BCUT2D eigenvalue weighted by molar-refractivity contribution is 6.34. The molecule has 0 fully saturated rings. The van der Waals surface area contributed by atoms with E-state index in [9.17, 15) is 14.4 Å². The zero-order valence-corrected chi connectivity index (χ0v) is 23.1. The van der Waals surface area contributed by atoms with Gasteiger partial charge >= 0.3 is 6.09 Å². The molecule has 0 aliphatic heterocycles. The zero-order chi connectivity index (χ0) is 27.0. The van der Waals surface area contributed by atoms with Gasteiger partial charge in [0.2, 0.25) is 5.91 Å². The van der Waals surface area contributed by atoms with Crippen LogP contribution in [0.5, 0.6) is 0 Å². The third kappa shape index (κ3) is 8.26. The summed E-state index contributed by atoms with van der Waals surface area (Å²) in [5.41, 5.74) is 3.28. The first-order valence-electron chi connectivity index (χ1n) is 12.2. The summed E-state index contributed by atoms with van der Waals surface area (Å²) in [4.78, 5) is 41.0. The molecule has 8 heteroatoms. The van der Waals surface area contributed by atoms with E-state index in [2.05, 4.69) is 10.6 Å². The SMILES string of the molecule is CCCCN(C(=O)CNC(=O)OC(C)(C)C)C(C(=O)Nc1c(C)cccc1Cl)c1ccc(C)cc1C. The third-order valence-electron chi connectivity index (χ3n) is 5.61. The predicted molar refractivity (Wildman–Crippen MR) is 144 cm³/mol. The highest BCUT2D eigenvalue weighted by Gasteiger charge is 2.33. The maximum atomic E-state index is 13.8. The van der Waals surface area contributed by atoms with Gasteiger partial charge in [-0.1, -0.05) is 60.8 Å². The molecule has 7 nitrogen and oxygen atoms in total. The Hall–Kier alpha value is -3.06.